The number of ketones is 1. The van der Waals surface area contributed by atoms with E-state index in [9.17, 15) is 14.4 Å². The zero-order valence-corrected chi connectivity index (χ0v) is 10.9. The number of methoxy groups -OCH3 is 2. The van der Waals surface area contributed by atoms with Gasteiger partial charge in [0.1, 0.15) is 0 Å². The summed E-state index contributed by atoms with van der Waals surface area (Å²) >= 11 is 0. The molecule has 0 spiro atoms. The van der Waals surface area contributed by atoms with E-state index in [0.29, 0.717) is 12.0 Å². The maximum Gasteiger partial charge on any atom is 0.334 e. The van der Waals surface area contributed by atoms with Gasteiger partial charge >= 0.3 is 11.9 Å². The Hall–Kier alpha value is -1.69. The molecule has 0 aromatic rings. The average Bonchev–Trinajstić information content (AvgIpc) is 2.61. The summed E-state index contributed by atoms with van der Waals surface area (Å²) in [7, 11) is 2.58. The average molecular weight is 266 g/mol. The lowest BCUT2D eigenvalue weighted by Crippen LogP contribution is -2.59. The molecule has 4 rings (SSSR count). The smallest absolute Gasteiger partial charge is 0.334 e. The SMILES string of the molecule is COC(=O)C1=CC2CC3(C)C(=O)OC(OC)(C2=O)C13. The van der Waals surface area contributed by atoms with Crippen molar-refractivity contribution >= 4 is 17.7 Å². The molecule has 0 aromatic carbocycles. The fraction of sp³-hybridized carbons (Fsp3) is 0.615. The summed E-state index contributed by atoms with van der Waals surface area (Å²) in [4.78, 5) is 36.3. The summed E-state index contributed by atoms with van der Waals surface area (Å²) in [5.41, 5.74) is -0.610. The molecule has 4 aliphatic rings. The highest BCUT2D eigenvalue weighted by Gasteiger charge is 2.75. The van der Waals surface area contributed by atoms with Crippen LogP contribution in [-0.2, 0) is 28.6 Å². The minimum absolute atomic E-state index is 0.295. The largest absolute Gasteiger partial charge is 0.466 e. The Morgan fingerprint density at radius 1 is 1.42 bits per heavy atom. The first-order chi connectivity index (χ1) is 8.90. The van der Waals surface area contributed by atoms with Crippen LogP contribution < -0.4 is 0 Å². The van der Waals surface area contributed by atoms with Crippen LogP contribution in [0.15, 0.2) is 11.6 Å². The zero-order chi connectivity index (χ0) is 14.0. The van der Waals surface area contributed by atoms with Crippen molar-refractivity contribution in [2.24, 2.45) is 17.3 Å². The predicted molar refractivity (Wildman–Crippen MR) is 60.6 cm³/mol. The molecule has 0 amide bonds. The second-order valence-corrected chi connectivity index (χ2v) is 5.40. The van der Waals surface area contributed by atoms with Gasteiger partial charge in [-0.05, 0) is 13.3 Å². The molecular formula is C13H14O6. The standard InChI is InChI=1S/C13H14O6/c1-12-5-6-4-7(10(15)17-2)8(12)13(18-3,9(6)14)19-11(12)16/h4,6,8H,5H2,1-3H3. The third kappa shape index (κ3) is 1.18. The van der Waals surface area contributed by atoms with E-state index in [1.807, 2.05) is 0 Å². The number of carbonyl (C=O) groups is 3. The molecule has 0 radical (unpaired) electrons. The van der Waals surface area contributed by atoms with Crippen LogP contribution in [0.3, 0.4) is 0 Å². The maximum atomic E-state index is 12.3. The molecule has 4 unspecified atom stereocenters. The summed E-state index contributed by atoms with van der Waals surface area (Å²) in [5.74, 6) is -4.28. The van der Waals surface area contributed by atoms with Crippen molar-refractivity contribution in [3.05, 3.63) is 11.6 Å². The van der Waals surface area contributed by atoms with E-state index in [2.05, 4.69) is 0 Å². The minimum Gasteiger partial charge on any atom is -0.466 e. The van der Waals surface area contributed by atoms with Crippen molar-refractivity contribution in [2.75, 3.05) is 14.2 Å². The quantitative estimate of drug-likeness (QED) is 0.665. The topological polar surface area (TPSA) is 78.9 Å². The molecule has 1 aliphatic heterocycles. The Kier molecular flexibility index (Phi) is 2.24. The van der Waals surface area contributed by atoms with Crippen LogP contribution in [0.5, 0.6) is 0 Å². The fourth-order valence-corrected chi connectivity index (χ4v) is 3.61. The third-order valence-electron chi connectivity index (χ3n) is 4.47. The van der Waals surface area contributed by atoms with Crippen LogP contribution in [0.25, 0.3) is 0 Å². The Balaban J connectivity index is 2.22. The van der Waals surface area contributed by atoms with Gasteiger partial charge in [-0.25, -0.2) is 4.79 Å². The van der Waals surface area contributed by atoms with Crippen LogP contribution >= 0.6 is 0 Å². The molecule has 3 aliphatic carbocycles. The number of allylic oxidation sites excluding steroid dienone is 1. The van der Waals surface area contributed by atoms with E-state index in [0.717, 1.165) is 0 Å². The molecule has 2 fully saturated rings. The molecule has 6 nitrogen and oxygen atoms in total. The molecule has 19 heavy (non-hydrogen) atoms. The number of hydrogen-bond donors (Lipinski definition) is 0. The van der Waals surface area contributed by atoms with E-state index in [1.54, 1.807) is 13.0 Å². The Morgan fingerprint density at radius 3 is 2.68 bits per heavy atom. The minimum atomic E-state index is -1.66. The molecule has 1 heterocycles. The number of rotatable bonds is 2. The van der Waals surface area contributed by atoms with Crippen LogP contribution in [0.2, 0.25) is 0 Å². The molecule has 0 N–H and O–H groups in total. The van der Waals surface area contributed by atoms with Crippen molar-refractivity contribution in [3.8, 4) is 0 Å². The number of ether oxygens (including phenoxy) is 3. The summed E-state index contributed by atoms with van der Waals surface area (Å²) in [6.07, 6.45) is 1.93. The second-order valence-electron chi connectivity index (χ2n) is 5.40. The lowest BCUT2D eigenvalue weighted by Gasteiger charge is -2.46. The van der Waals surface area contributed by atoms with Crippen molar-refractivity contribution in [1.82, 2.24) is 0 Å². The lowest BCUT2D eigenvalue weighted by atomic mass is 9.55. The van der Waals surface area contributed by atoms with Gasteiger partial charge in [-0.3, -0.25) is 9.59 Å². The van der Waals surface area contributed by atoms with E-state index in [4.69, 9.17) is 14.2 Å². The van der Waals surface area contributed by atoms with E-state index in [-0.39, 0.29) is 5.78 Å². The van der Waals surface area contributed by atoms with E-state index < -0.39 is 35.0 Å². The van der Waals surface area contributed by atoms with Gasteiger partial charge in [0.2, 0.25) is 5.78 Å². The lowest BCUT2D eigenvalue weighted by molar-refractivity contribution is -0.218. The highest BCUT2D eigenvalue weighted by atomic mass is 16.7. The Bertz CT molecular complexity index is 535. The summed E-state index contributed by atoms with van der Waals surface area (Å²) in [6.45, 7) is 1.70. The van der Waals surface area contributed by atoms with Gasteiger partial charge in [0, 0.05) is 18.6 Å². The normalized spacial score (nSPS) is 43.0. The van der Waals surface area contributed by atoms with Crippen molar-refractivity contribution in [3.63, 3.8) is 0 Å². The first-order valence-electron chi connectivity index (χ1n) is 6.03. The monoisotopic (exact) mass is 266 g/mol. The van der Waals surface area contributed by atoms with Crippen molar-refractivity contribution in [1.29, 1.82) is 0 Å². The van der Waals surface area contributed by atoms with Gasteiger partial charge < -0.3 is 14.2 Å². The van der Waals surface area contributed by atoms with Crippen LogP contribution in [0.4, 0.5) is 0 Å². The fourth-order valence-electron chi connectivity index (χ4n) is 3.61. The van der Waals surface area contributed by atoms with Gasteiger partial charge in [0.25, 0.3) is 5.79 Å². The zero-order valence-electron chi connectivity index (χ0n) is 10.9. The molecule has 1 saturated heterocycles. The molecule has 0 aromatic heterocycles. The van der Waals surface area contributed by atoms with E-state index >= 15 is 0 Å². The highest BCUT2D eigenvalue weighted by Crippen LogP contribution is 2.61. The summed E-state index contributed by atoms with van der Waals surface area (Å²) in [5, 5.41) is 0. The Morgan fingerprint density at radius 2 is 2.11 bits per heavy atom. The first-order valence-corrected chi connectivity index (χ1v) is 6.03. The molecule has 4 atom stereocenters. The molecule has 1 saturated carbocycles. The van der Waals surface area contributed by atoms with Crippen molar-refractivity contribution in [2.45, 2.75) is 19.1 Å². The third-order valence-corrected chi connectivity index (χ3v) is 4.47. The van der Waals surface area contributed by atoms with Gasteiger partial charge in [-0.2, -0.15) is 0 Å². The first kappa shape index (κ1) is 12.3. The maximum absolute atomic E-state index is 12.3. The van der Waals surface area contributed by atoms with Crippen LogP contribution in [-0.4, -0.2) is 37.7 Å². The number of hydrogen-bond acceptors (Lipinski definition) is 6. The van der Waals surface area contributed by atoms with Gasteiger partial charge in [0.05, 0.1) is 18.4 Å². The number of esters is 2. The van der Waals surface area contributed by atoms with Gasteiger partial charge in [0.15, 0.2) is 0 Å². The van der Waals surface area contributed by atoms with Gasteiger partial charge in [-0.1, -0.05) is 6.08 Å². The number of Topliss-reactive ketones (excluding diaryl/α,β-unsaturated/α-hetero) is 1. The second kappa shape index (κ2) is 3.45. The van der Waals surface area contributed by atoms with E-state index in [1.165, 1.54) is 14.2 Å². The van der Waals surface area contributed by atoms with Crippen LogP contribution in [0.1, 0.15) is 13.3 Å². The predicted octanol–water partition coefficient (Wildman–Crippen LogP) is 0.210. The number of carbonyl (C=O) groups excluding carboxylic acids is 3. The summed E-state index contributed by atoms with van der Waals surface area (Å²) in [6, 6.07) is 0. The highest BCUT2D eigenvalue weighted by molar-refractivity contribution is 6.05. The molecular weight excluding hydrogens is 252 g/mol. The van der Waals surface area contributed by atoms with Crippen LogP contribution in [0, 0.1) is 17.3 Å². The molecule has 4 bridgehead atoms. The molecule has 102 valence electrons. The summed E-state index contributed by atoms with van der Waals surface area (Å²) < 4.78 is 15.2. The molecule has 6 heteroatoms. The van der Waals surface area contributed by atoms with Gasteiger partial charge in [-0.15, -0.1) is 0 Å². The van der Waals surface area contributed by atoms with Crippen molar-refractivity contribution < 1.29 is 28.6 Å². The Labute approximate surface area is 109 Å².